The van der Waals surface area contributed by atoms with Gasteiger partial charge in [-0.1, -0.05) is 18.2 Å². The summed E-state index contributed by atoms with van der Waals surface area (Å²) in [4.78, 5) is 12.8. The quantitative estimate of drug-likeness (QED) is 0.755. The first kappa shape index (κ1) is 15.4. The number of hydrogen-bond donors (Lipinski definition) is 1. The number of ether oxygens (including phenoxy) is 2. The maximum Gasteiger partial charge on any atom is 0.258 e. The van der Waals surface area contributed by atoms with Crippen molar-refractivity contribution in [3.8, 4) is 11.5 Å². The lowest BCUT2D eigenvalue weighted by atomic mass is 10.00. The van der Waals surface area contributed by atoms with Gasteiger partial charge >= 0.3 is 0 Å². The SMILES string of the molecule is COc1cc2c(=O)n(C)c3c(C(C)O)cccc3c2cc1OC. The standard InChI is InChI=1S/C18H19NO4/c1-10(20)11-6-5-7-12-13-8-15(22-3)16(23-4)9-14(13)18(21)19(2)17(11)12/h5-10,20H,1-4H3. The van der Waals surface area contributed by atoms with Gasteiger partial charge in [-0.3, -0.25) is 4.79 Å². The Morgan fingerprint density at radius 1 is 1.04 bits per heavy atom. The average molecular weight is 313 g/mol. The number of rotatable bonds is 3. The number of aliphatic hydroxyl groups is 1. The van der Waals surface area contributed by atoms with Crippen LogP contribution in [0.2, 0.25) is 0 Å². The molecular weight excluding hydrogens is 294 g/mol. The summed E-state index contributed by atoms with van der Waals surface area (Å²) in [5.41, 5.74) is 1.31. The Balaban J connectivity index is 2.58. The van der Waals surface area contributed by atoms with Crippen molar-refractivity contribution >= 4 is 21.7 Å². The minimum atomic E-state index is -0.665. The zero-order chi connectivity index (χ0) is 16.7. The summed E-state index contributed by atoms with van der Waals surface area (Å²) >= 11 is 0. The van der Waals surface area contributed by atoms with Gasteiger partial charge in [0, 0.05) is 23.4 Å². The molecule has 1 unspecified atom stereocenters. The van der Waals surface area contributed by atoms with Crippen LogP contribution in [0.25, 0.3) is 21.7 Å². The third kappa shape index (κ3) is 2.24. The van der Waals surface area contributed by atoms with Crippen LogP contribution in [0.5, 0.6) is 11.5 Å². The highest BCUT2D eigenvalue weighted by atomic mass is 16.5. The molecule has 1 atom stereocenters. The Hall–Kier alpha value is -2.53. The van der Waals surface area contributed by atoms with E-state index in [0.717, 1.165) is 21.9 Å². The van der Waals surface area contributed by atoms with E-state index in [4.69, 9.17) is 9.47 Å². The number of fused-ring (bicyclic) bond motifs is 3. The molecule has 0 saturated heterocycles. The number of pyridine rings is 1. The van der Waals surface area contributed by atoms with Crippen molar-refractivity contribution in [1.82, 2.24) is 4.57 Å². The maximum absolute atomic E-state index is 12.8. The molecule has 1 aromatic heterocycles. The number of aryl methyl sites for hydroxylation is 1. The molecule has 23 heavy (non-hydrogen) atoms. The highest BCUT2D eigenvalue weighted by Gasteiger charge is 2.16. The minimum absolute atomic E-state index is 0.137. The number of hydrogen-bond acceptors (Lipinski definition) is 4. The Morgan fingerprint density at radius 2 is 1.65 bits per heavy atom. The molecule has 3 rings (SSSR count). The van der Waals surface area contributed by atoms with E-state index in [1.165, 1.54) is 0 Å². The van der Waals surface area contributed by atoms with Crippen molar-refractivity contribution in [3.63, 3.8) is 0 Å². The summed E-state index contributed by atoms with van der Waals surface area (Å²) in [6, 6.07) is 9.16. The minimum Gasteiger partial charge on any atom is -0.493 e. The molecule has 5 nitrogen and oxygen atoms in total. The van der Waals surface area contributed by atoms with Gasteiger partial charge in [0.25, 0.3) is 5.56 Å². The van der Waals surface area contributed by atoms with E-state index in [0.29, 0.717) is 16.9 Å². The fraction of sp³-hybridized carbons (Fsp3) is 0.278. The predicted molar refractivity (Wildman–Crippen MR) is 90.4 cm³/mol. The summed E-state index contributed by atoms with van der Waals surface area (Å²) in [5, 5.41) is 12.3. The van der Waals surface area contributed by atoms with E-state index in [9.17, 15) is 9.90 Å². The number of para-hydroxylation sites is 1. The largest absolute Gasteiger partial charge is 0.493 e. The van der Waals surface area contributed by atoms with Crippen molar-refractivity contribution in [3.05, 3.63) is 46.2 Å². The summed E-state index contributed by atoms with van der Waals surface area (Å²) < 4.78 is 12.2. The van der Waals surface area contributed by atoms with Crippen LogP contribution < -0.4 is 15.0 Å². The van der Waals surface area contributed by atoms with Gasteiger partial charge < -0.3 is 19.1 Å². The van der Waals surface area contributed by atoms with E-state index in [2.05, 4.69) is 0 Å². The van der Waals surface area contributed by atoms with Crippen LogP contribution >= 0.6 is 0 Å². The van der Waals surface area contributed by atoms with Crippen molar-refractivity contribution in [2.24, 2.45) is 7.05 Å². The molecule has 0 aliphatic carbocycles. The molecule has 3 aromatic rings. The summed E-state index contributed by atoms with van der Waals surface area (Å²) in [6.45, 7) is 1.69. The number of aromatic nitrogens is 1. The van der Waals surface area contributed by atoms with Gasteiger partial charge in [-0.15, -0.1) is 0 Å². The number of nitrogens with zero attached hydrogens (tertiary/aromatic N) is 1. The van der Waals surface area contributed by atoms with Crippen LogP contribution in [0.3, 0.4) is 0 Å². The predicted octanol–water partition coefficient (Wildman–Crippen LogP) is 2.76. The van der Waals surface area contributed by atoms with E-state index in [1.807, 2.05) is 24.3 Å². The molecule has 0 aliphatic heterocycles. The molecule has 2 aromatic carbocycles. The first-order valence-electron chi connectivity index (χ1n) is 7.35. The fourth-order valence-electron chi connectivity index (χ4n) is 3.05. The van der Waals surface area contributed by atoms with Gasteiger partial charge in [-0.2, -0.15) is 0 Å². The van der Waals surface area contributed by atoms with Crippen molar-refractivity contribution in [1.29, 1.82) is 0 Å². The molecule has 0 spiro atoms. The van der Waals surface area contributed by atoms with E-state index >= 15 is 0 Å². The van der Waals surface area contributed by atoms with Crippen LogP contribution in [0.1, 0.15) is 18.6 Å². The Bertz CT molecular complexity index is 957. The summed E-state index contributed by atoms with van der Waals surface area (Å²) in [7, 11) is 4.82. The normalized spacial score (nSPS) is 12.6. The van der Waals surface area contributed by atoms with Gasteiger partial charge in [-0.25, -0.2) is 0 Å². The van der Waals surface area contributed by atoms with E-state index in [1.54, 1.807) is 38.8 Å². The molecule has 0 aliphatic rings. The highest BCUT2D eigenvalue weighted by Crippen LogP contribution is 2.35. The third-order valence-corrected chi connectivity index (χ3v) is 4.20. The number of benzene rings is 2. The van der Waals surface area contributed by atoms with E-state index < -0.39 is 6.10 Å². The zero-order valence-electron chi connectivity index (χ0n) is 13.6. The molecular formula is C18H19NO4. The monoisotopic (exact) mass is 313 g/mol. The molecule has 0 radical (unpaired) electrons. The molecule has 120 valence electrons. The second-order valence-corrected chi connectivity index (χ2v) is 5.54. The van der Waals surface area contributed by atoms with Gasteiger partial charge in [0.05, 0.1) is 31.2 Å². The molecule has 0 saturated carbocycles. The van der Waals surface area contributed by atoms with Crippen LogP contribution in [0.15, 0.2) is 35.1 Å². The number of methoxy groups -OCH3 is 2. The van der Waals surface area contributed by atoms with Crippen molar-refractivity contribution < 1.29 is 14.6 Å². The smallest absolute Gasteiger partial charge is 0.258 e. The fourth-order valence-corrected chi connectivity index (χ4v) is 3.05. The first-order valence-corrected chi connectivity index (χ1v) is 7.35. The second-order valence-electron chi connectivity index (χ2n) is 5.54. The van der Waals surface area contributed by atoms with Gasteiger partial charge in [-0.05, 0) is 19.1 Å². The molecule has 0 amide bonds. The summed E-state index contributed by atoms with van der Waals surface area (Å²) in [6.07, 6.45) is -0.665. The molecule has 5 heteroatoms. The Kier molecular flexibility index (Phi) is 3.74. The van der Waals surface area contributed by atoms with Crippen molar-refractivity contribution in [2.75, 3.05) is 14.2 Å². The van der Waals surface area contributed by atoms with Gasteiger partial charge in [0.15, 0.2) is 11.5 Å². The lowest BCUT2D eigenvalue weighted by molar-refractivity contribution is 0.200. The first-order chi connectivity index (χ1) is 11.0. The Morgan fingerprint density at radius 3 is 2.22 bits per heavy atom. The highest BCUT2D eigenvalue weighted by molar-refractivity contribution is 6.07. The maximum atomic E-state index is 12.8. The van der Waals surface area contributed by atoms with Crippen molar-refractivity contribution in [2.45, 2.75) is 13.0 Å². The van der Waals surface area contributed by atoms with E-state index in [-0.39, 0.29) is 5.56 Å². The van der Waals surface area contributed by atoms with Gasteiger partial charge in [0.1, 0.15) is 0 Å². The molecule has 0 bridgehead atoms. The Labute approximate surface area is 133 Å². The van der Waals surface area contributed by atoms with Crippen LogP contribution in [-0.4, -0.2) is 23.9 Å². The third-order valence-electron chi connectivity index (χ3n) is 4.20. The van der Waals surface area contributed by atoms with Crippen LogP contribution in [0, 0.1) is 0 Å². The number of aliphatic hydroxyl groups excluding tert-OH is 1. The zero-order valence-corrected chi connectivity index (χ0v) is 13.6. The average Bonchev–Trinajstić information content (AvgIpc) is 2.57. The second kappa shape index (κ2) is 5.59. The summed E-state index contributed by atoms with van der Waals surface area (Å²) in [5.74, 6) is 1.08. The molecule has 1 heterocycles. The topological polar surface area (TPSA) is 60.7 Å². The van der Waals surface area contributed by atoms with Crippen LogP contribution in [0.4, 0.5) is 0 Å². The van der Waals surface area contributed by atoms with Crippen LogP contribution in [-0.2, 0) is 7.05 Å². The molecule has 0 fully saturated rings. The lowest BCUT2D eigenvalue weighted by Crippen LogP contribution is -2.19. The lowest BCUT2D eigenvalue weighted by Gasteiger charge is -2.16. The molecule has 1 N–H and O–H groups in total. The van der Waals surface area contributed by atoms with Gasteiger partial charge in [0.2, 0.25) is 0 Å².